The number of amides is 2. The summed E-state index contributed by atoms with van der Waals surface area (Å²) in [4.78, 5) is 36.1. The number of ether oxygens (including phenoxy) is 1. The maximum Gasteiger partial charge on any atom is 0.262 e. The van der Waals surface area contributed by atoms with Crippen molar-refractivity contribution in [2.75, 3.05) is 11.9 Å². The molecule has 0 bridgehead atoms. The highest BCUT2D eigenvalue weighted by atomic mass is 16.5. The standard InChI is InChI=1S/C21H20N2O4/c24-18-10-9-17-16(18)5-2-6-19(17)27-12-20(25)22-15-4-1-3-13(11-15)21(26)23-14-7-8-14/h1-6,11,14H,7-10,12H2,(H,22,25)(H,23,26). The van der Waals surface area contributed by atoms with E-state index >= 15 is 0 Å². The number of hydrogen-bond donors (Lipinski definition) is 2. The van der Waals surface area contributed by atoms with Gasteiger partial charge in [-0.15, -0.1) is 0 Å². The molecule has 6 heteroatoms. The average Bonchev–Trinajstić information content (AvgIpc) is 3.41. The van der Waals surface area contributed by atoms with Gasteiger partial charge in [0.25, 0.3) is 11.8 Å². The Morgan fingerprint density at radius 2 is 1.89 bits per heavy atom. The van der Waals surface area contributed by atoms with Gasteiger partial charge in [-0.1, -0.05) is 18.2 Å². The molecule has 2 aromatic rings. The van der Waals surface area contributed by atoms with Crippen LogP contribution in [0.2, 0.25) is 0 Å². The number of rotatable bonds is 6. The van der Waals surface area contributed by atoms with Crippen LogP contribution in [0.25, 0.3) is 0 Å². The van der Waals surface area contributed by atoms with E-state index in [1.54, 1.807) is 42.5 Å². The molecule has 1 saturated carbocycles. The Bertz CT molecular complexity index is 918. The zero-order valence-electron chi connectivity index (χ0n) is 14.8. The van der Waals surface area contributed by atoms with Crippen LogP contribution in [0.4, 0.5) is 5.69 Å². The predicted molar refractivity (Wildman–Crippen MR) is 100 cm³/mol. The van der Waals surface area contributed by atoms with Crippen molar-refractivity contribution in [3.8, 4) is 5.75 Å². The molecule has 6 nitrogen and oxygen atoms in total. The van der Waals surface area contributed by atoms with Gasteiger partial charge >= 0.3 is 0 Å². The molecule has 1 fully saturated rings. The van der Waals surface area contributed by atoms with Crippen molar-refractivity contribution in [1.29, 1.82) is 0 Å². The Morgan fingerprint density at radius 1 is 1.07 bits per heavy atom. The highest BCUT2D eigenvalue weighted by Gasteiger charge is 2.24. The molecule has 2 amide bonds. The summed E-state index contributed by atoms with van der Waals surface area (Å²) in [6.07, 6.45) is 3.17. The Balaban J connectivity index is 1.36. The molecule has 0 aliphatic heterocycles. The molecule has 0 saturated heterocycles. The minimum atomic E-state index is -0.323. The molecular weight excluding hydrogens is 344 g/mol. The Hall–Kier alpha value is -3.15. The lowest BCUT2D eigenvalue weighted by Gasteiger charge is -2.11. The van der Waals surface area contributed by atoms with Gasteiger partial charge in [0.1, 0.15) is 5.75 Å². The van der Waals surface area contributed by atoms with E-state index in [-0.39, 0.29) is 30.2 Å². The molecular formula is C21H20N2O4. The lowest BCUT2D eigenvalue weighted by molar-refractivity contribution is -0.118. The van der Waals surface area contributed by atoms with Gasteiger partial charge in [-0.2, -0.15) is 0 Å². The molecule has 0 unspecified atom stereocenters. The zero-order valence-corrected chi connectivity index (χ0v) is 14.8. The predicted octanol–water partition coefficient (Wildman–Crippen LogP) is 2.73. The summed E-state index contributed by atoms with van der Waals surface area (Å²) in [5, 5.41) is 5.66. The number of anilines is 1. The molecule has 2 aliphatic rings. The van der Waals surface area contributed by atoms with Crippen LogP contribution in [-0.2, 0) is 11.2 Å². The van der Waals surface area contributed by atoms with Gasteiger partial charge in [0.05, 0.1) is 0 Å². The Labute approximate surface area is 156 Å². The van der Waals surface area contributed by atoms with Crippen molar-refractivity contribution in [3.05, 3.63) is 59.2 Å². The summed E-state index contributed by atoms with van der Waals surface area (Å²) in [6.45, 7) is -0.164. The minimum Gasteiger partial charge on any atom is -0.483 e. The summed E-state index contributed by atoms with van der Waals surface area (Å²) >= 11 is 0. The van der Waals surface area contributed by atoms with E-state index in [2.05, 4.69) is 10.6 Å². The molecule has 0 heterocycles. The number of carbonyl (C=O) groups is 3. The first-order valence-electron chi connectivity index (χ1n) is 9.09. The topological polar surface area (TPSA) is 84.5 Å². The largest absolute Gasteiger partial charge is 0.483 e. The van der Waals surface area contributed by atoms with Crippen LogP contribution in [0, 0.1) is 0 Å². The van der Waals surface area contributed by atoms with Crippen molar-refractivity contribution in [1.82, 2.24) is 5.32 Å². The average molecular weight is 364 g/mol. The second-order valence-corrected chi connectivity index (χ2v) is 6.87. The van der Waals surface area contributed by atoms with Crippen molar-refractivity contribution in [2.45, 2.75) is 31.7 Å². The lowest BCUT2D eigenvalue weighted by Crippen LogP contribution is -2.25. The quantitative estimate of drug-likeness (QED) is 0.825. The van der Waals surface area contributed by atoms with Crippen LogP contribution < -0.4 is 15.4 Å². The van der Waals surface area contributed by atoms with Crippen molar-refractivity contribution < 1.29 is 19.1 Å². The molecule has 0 radical (unpaired) electrons. The second kappa shape index (κ2) is 7.23. The van der Waals surface area contributed by atoms with Crippen LogP contribution in [0.5, 0.6) is 5.75 Å². The van der Waals surface area contributed by atoms with Gasteiger partial charge < -0.3 is 15.4 Å². The maximum absolute atomic E-state index is 12.2. The third-order valence-corrected chi connectivity index (χ3v) is 4.72. The molecule has 27 heavy (non-hydrogen) atoms. The fourth-order valence-corrected chi connectivity index (χ4v) is 3.17. The van der Waals surface area contributed by atoms with Crippen molar-refractivity contribution >= 4 is 23.3 Å². The third kappa shape index (κ3) is 4.00. The van der Waals surface area contributed by atoms with E-state index in [0.29, 0.717) is 35.4 Å². The number of ketones is 1. The van der Waals surface area contributed by atoms with Crippen LogP contribution >= 0.6 is 0 Å². The fraction of sp³-hybridized carbons (Fsp3) is 0.286. The van der Waals surface area contributed by atoms with E-state index in [4.69, 9.17) is 4.74 Å². The van der Waals surface area contributed by atoms with E-state index in [1.807, 2.05) is 0 Å². The minimum absolute atomic E-state index is 0.112. The van der Waals surface area contributed by atoms with Crippen molar-refractivity contribution in [3.63, 3.8) is 0 Å². The number of fused-ring (bicyclic) bond motifs is 1. The summed E-state index contributed by atoms with van der Waals surface area (Å²) in [5.74, 6) is 0.235. The number of hydrogen-bond acceptors (Lipinski definition) is 4. The summed E-state index contributed by atoms with van der Waals surface area (Å²) in [5.41, 5.74) is 2.61. The number of carbonyl (C=O) groups excluding carboxylic acids is 3. The number of Topliss-reactive ketones (excluding diaryl/α,β-unsaturated/α-hetero) is 1. The smallest absolute Gasteiger partial charge is 0.262 e. The van der Waals surface area contributed by atoms with Gasteiger partial charge in [0.2, 0.25) is 0 Å². The lowest BCUT2D eigenvalue weighted by atomic mass is 10.1. The summed E-state index contributed by atoms with van der Waals surface area (Å²) in [7, 11) is 0. The molecule has 2 N–H and O–H groups in total. The van der Waals surface area contributed by atoms with Crippen molar-refractivity contribution in [2.24, 2.45) is 0 Å². The summed E-state index contributed by atoms with van der Waals surface area (Å²) < 4.78 is 5.63. The van der Waals surface area contributed by atoms with Crippen LogP contribution in [-0.4, -0.2) is 30.2 Å². The molecule has 0 aromatic heterocycles. The second-order valence-electron chi connectivity index (χ2n) is 6.87. The first kappa shape index (κ1) is 17.3. The van der Waals surface area contributed by atoms with Crippen LogP contribution in [0.3, 0.4) is 0 Å². The van der Waals surface area contributed by atoms with Crippen LogP contribution in [0.1, 0.15) is 45.5 Å². The SMILES string of the molecule is O=C(COc1cccc2c1CCC2=O)Nc1cccc(C(=O)NC2CC2)c1. The first-order chi connectivity index (χ1) is 13.1. The summed E-state index contributed by atoms with van der Waals surface area (Å²) in [6, 6.07) is 12.4. The highest BCUT2D eigenvalue weighted by Crippen LogP contribution is 2.30. The molecule has 138 valence electrons. The van der Waals surface area contributed by atoms with E-state index in [9.17, 15) is 14.4 Å². The number of benzene rings is 2. The Kier molecular flexibility index (Phi) is 4.62. The third-order valence-electron chi connectivity index (χ3n) is 4.72. The van der Waals surface area contributed by atoms with Gasteiger partial charge in [-0.05, 0) is 43.5 Å². The molecule has 4 rings (SSSR count). The van der Waals surface area contributed by atoms with Gasteiger partial charge in [0.15, 0.2) is 12.4 Å². The van der Waals surface area contributed by atoms with Gasteiger partial charge in [-0.25, -0.2) is 0 Å². The molecule has 2 aliphatic carbocycles. The van der Waals surface area contributed by atoms with E-state index in [1.165, 1.54) is 0 Å². The number of nitrogens with one attached hydrogen (secondary N) is 2. The van der Waals surface area contributed by atoms with Gasteiger partial charge in [0, 0.05) is 34.8 Å². The molecule has 0 spiro atoms. The maximum atomic E-state index is 12.2. The van der Waals surface area contributed by atoms with E-state index < -0.39 is 0 Å². The van der Waals surface area contributed by atoms with Gasteiger partial charge in [-0.3, -0.25) is 14.4 Å². The fourth-order valence-electron chi connectivity index (χ4n) is 3.17. The Morgan fingerprint density at radius 3 is 2.70 bits per heavy atom. The molecule has 2 aromatic carbocycles. The first-order valence-corrected chi connectivity index (χ1v) is 9.09. The van der Waals surface area contributed by atoms with E-state index in [0.717, 1.165) is 18.4 Å². The zero-order chi connectivity index (χ0) is 18.8. The monoisotopic (exact) mass is 364 g/mol. The van der Waals surface area contributed by atoms with Crippen LogP contribution in [0.15, 0.2) is 42.5 Å². The molecule has 0 atom stereocenters. The normalized spacial score (nSPS) is 15.2. The highest BCUT2D eigenvalue weighted by molar-refractivity contribution is 6.01.